The third-order valence-electron chi connectivity index (χ3n) is 6.65. The Morgan fingerprint density at radius 2 is 1.65 bits per heavy atom. The van der Waals surface area contributed by atoms with Crippen molar-refractivity contribution in [1.82, 2.24) is 10.2 Å². The largest absolute Gasteiger partial charge is 0.494 e. The maximum absolute atomic E-state index is 14.5. The van der Waals surface area contributed by atoms with Gasteiger partial charge in [-0.15, -0.1) is 0 Å². The van der Waals surface area contributed by atoms with Crippen molar-refractivity contribution in [3.05, 3.63) is 41.8 Å². The van der Waals surface area contributed by atoms with Crippen LogP contribution in [0.5, 0.6) is 5.75 Å². The molecule has 31 heavy (non-hydrogen) atoms. The highest BCUT2D eigenvalue weighted by molar-refractivity contribution is 5.60. The fourth-order valence-corrected chi connectivity index (χ4v) is 4.67. The van der Waals surface area contributed by atoms with Gasteiger partial charge in [0.05, 0.1) is 18.0 Å². The van der Waals surface area contributed by atoms with Crippen molar-refractivity contribution in [1.29, 1.82) is 0 Å². The predicted molar refractivity (Wildman–Crippen MR) is 126 cm³/mol. The summed E-state index contributed by atoms with van der Waals surface area (Å²) in [5, 5.41) is 8.67. The van der Waals surface area contributed by atoms with Crippen molar-refractivity contribution in [2.24, 2.45) is 11.8 Å². The highest BCUT2D eigenvalue weighted by Gasteiger charge is 2.21. The number of halogens is 1. The molecule has 0 bridgehead atoms. The smallest absolute Gasteiger partial charge is 0.136 e. The monoisotopic (exact) mass is 426 g/mol. The van der Waals surface area contributed by atoms with E-state index in [0.29, 0.717) is 23.6 Å². The number of ether oxygens (including phenoxy) is 1. The van der Waals surface area contributed by atoms with Gasteiger partial charge in [-0.3, -0.25) is 0 Å². The van der Waals surface area contributed by atoms with Gasteiger partial charge in [0.15, 0.2) is 0 Å². The van der Waals surface area contributed by atoms with Crippen LogP contribution >= 0.6 is 0 Å². The fraction of sp³-hybridized carbons (Fsp3) is 0.630. The summed E-state index contributed by atoms with van der Waals surface area (Å²) < 4.78 is 19.9. The predicted octanol–water partition coefficient (Wildman–Crippen LogP) is 7.78. The van der Waals surface area contributed by atoms with E-state index >= 15 is 0 Å². The molecule has 0 unspecified atom stereocenters. The fourth-order valence-electron chi connectivity index (χ4n) is 4.67. The normalized spacial score (nSPS) is 18.8. The summed E-state index contributed by atoms with van der Waals surface area (Å²) in [6, 6.07) is 8.85. The molecule has 0 N–H and O–H groups in total. The molecule has 1 fully saturated rings. The molecule has 1 aliphatic carbocycles. The number of aromatic nitrogens is 2. The molecule has 4 heteroatoms. The highest BCUT2D eigenvalue weighted by atomic mass is 19.1. The van der Waals surface area contributed by atoms with Crippen LogP contribution in [0.25, 0.3) is 11.3 Å². The summed E-state index contributed by atoms with van der Waals surface area (Å²) in [7, 11) is 0. The van der Waals surface area contributed by atoms with Crippen molar-refractivity contribution in [2.75, 3.05) is 6.61 Å². The zero-order chi connectivity index (χ0) is 21.9. The molecule has 0 radical (unpaired) electrons. The van der Waals surface area contributed by atoms with E-state index in [2.05, 4.69) is 17.1 Å². The average molecular weight is 427 g/mol. The maximum atomic E-state index is 14.5. The molecule has 170 valence electrons. The average Bonchev–Trinajstić information content (AvgIpc) is 2.80. The minimum atomic E-state index is -0.317. The quantitative estimate of drug-likeness (QED) is 0.325. The van der Waals surface area contributed by atoms with Crippen LogP contribution in [0, 0.1) is 17.7 Å². The van der Waals surface area contributed by atoms with Crippen molar-refractivity contribution in [2.45, 2.75) is 90.9 Å². The molecule has 0 spiro atoms. The topological polar surface area (TPSA) is 35.0 Å². The summed E-state index contributed by atoms with van der Waals surface area (Å²) in [6.45, 7) is 4.90. The summed E-state index contributed by atoms with van der Waals surface area (Å²) >= 11 is 0. The van der Waals surface area contributed by atoms with Crippen LogP contribution in [0.3, 0.4) is 0 Å². The molecule has 0 aliphatic heterocycles. The van der Waals surface area contributed by atoms with Gasteiger partial charge in [0, 0.05) is 11.6 Å². The van der Waals surface area contributed by atoms with E-state index in [0.717, 1.165) is 30.4 Å². The Bertz CT molecular complexity index is 769. The molecular weight excluding hydrogens is 387 g/mol. The molecule has 0 amide bonds. The van der Waals surface area contributed by atoms with Gasteiger partial charge in [-0.2, -0.15) is 10.2 Å². The van der Waals surface area contributed by atoms with Crippen LogP contribution in [0.4, 0.5) is 4.39 Å². The molecule has 3 rings (SSSR count). The van der Waals surface area contributed by atoms with Crippen molar-refractivity contribution in [3.63, 3.8) is 0 Å². The molecular formula is C27H39FN2O. The van der Waals surface area contributed by atoms with Crippen molar-refractivity contribution in [3.8, 4) is 17.0 Å². The van der Waals surface area contributed by atoms with Crippen LogP contribution in [0.1, 0.15) is 90.2 Å². The van der Waals surface area contributed by atoms with E-state index < -0.39 is 0 Å². The number of hydrogen-bond acceptors (Lipinski definition) is 3. The Hall–Kier alpha value is -1.97. The second-order valence-electron chi connectivity index (χ2n) is 9.17. The van der Waals surface area contributed by atoms with Crippen molar-refractivity contribution >= 4 is 0 Å². The van der Waals surface area contributed by atoms with Gasteiger partial charge in [0.2, 0.25) is 0 Å². The lowest BCUT2D eigenvalue weighted by atomic mass is 9.78. The maximum Gasteiger partial charge on any atom is 0.136 e. The second kappa shape index (κ2) is 12.8. The van der Waals surface area contributed by atoms with E-state index in [9.17, 15) is 4.39 Å². The number of aryl methyl sites for hydroxylation is 1. The van der Waals surface area contributed by atoms with Gasteiger partial charge in [0.1, 0.15) is 11.6 Å². The zero-order valence-corrected chi connectivity index (χ0v) is 19.4. The third kappa shape index (κ3) is 7.59. The Kier molecular flexibility index (Phi) is 9.77. The van der Waals surface area contributed by atoms with Crippen LogP contribution in [-0.4, -0.2) is 16.8 Å². The first-order valence-electron chi connectivity index (χ1n) is 12.4. The number of rotatable bonds is 12. The molecule has 1 saturated carbocycles. The molecule has 2 aromatic rings. The third-order valence-corrected chi connectivity index (χ3v) is 6.65. The van der Waals surface area contributed by atoms with Gasteiger partial charge in [-0.1, -0.05) is 71.6 Å². The van der Waals surface area contributed by atoms with Crippen molar-refractivity contribution < 1.29 is 9.13 Å². The van der Waals surface area contributed by atoms with Gasteiger partial charge in [-0.05, 0) is 55.4 Å². The second-order valence-corrected chi connectivity index (χ2v) is 9.17. The SMILES string of the molecule is CCCCCCC1CCC(CCc2ccc(-c3ccc(OCCC)cc3F)nn2)CC1. The number of unbranched alkanes of at least 4 members (excludes halogenated alkanes) is 3. The summed E-state index contributed by atoms with van der Waals surface area (Å²) in [5.41, 5.74) is 2.06. The first kappa shape index (κ1) is 23.7. The first-order chi connectivity index (χ1) is 15.2. The Labute approximate surface area is 187 Å². The van der Waals surface area contributed by atoms with Gasteiger partial charge >= 0.3 is 0 Å². The molecule has 1 heterocycles. The Morgan fingerprint density at radius 1 is 0.871 bits per heavy atom. The molecule has 0 atom stereocenters. The number of benzene rings is 1. The summed E-state index contributed by atoms with van der Waals surface area (Å²) in [5.74, 6) is 2.02. The van der Waals surface area contributed by atoms with E-state index in [1.807, 2.05) is 19.1 Å². The minimum absolute atomic E-state index is 0.317. The van der Waals surface area contributed by atoms with E-state index in [1.165, 1.54) is 70.3 Å². The molecule has 1 aliphatic rings. The molecule has 1 aromatic heterocycles. The lowest BCUT2D eigenvalue weighted by Gasteiger charge is -2.28. The van der Waals surface area contributed by atoms with Gasteiger partial charge in [-0.25, -0.2) is 4.39 Å². The molecule has 1 aromatic carbocycles. The van der Waals surface area contributed by atoms with E-state index in [-0.39, 0.29) is 5.82 Å². The van der Waals surface area contributed by atoms with E-state index in [4.69, 9.17) is 4.74 Å². The van der Waals surface area contributed by atoms with Crippen LogP contribution in [-0.2, 0) is 6.42 Å². The minimum Gasteiger partial charge on any atom is -0.494 e. The summed E-state index contributed by atoms with van der Waals surface area (Å²) in [4.78, 5) is 0. The number of nitrogens with zero attached hydrogens (tertiary/aromatic N) is 2. The van der Waals surface area contributed by atoms with Crippen LogP contribution < -0.4 is 4.74 Å². The zero-order valence-electron chi connectivity index (χ0n) is 19.4. The van der Waals surface area contributed by atoms with Crippen LogP contribution in [0.15, 0.2) is 30.3 Å². The number of hydrogen-bond donors (Lipinski definition) is 0. The first-order valence-corrected chi connectivity index (χ1v) is 12.4. The molecule has 3 nitrogen and oxygen atoms in total. The Morgan fingerprint density at radius 3 is 2.29 bits per heavy atom. The summed E-state index contributed by atoms with van der Waals surface area (Å²) in [6.07, 6.45) is 15.6. The standard InChI is InChI=1S/C27H39FN2O/c1-3-5-6-7-8-21-9-11-22(12-10-21)13-14-23-15-18-27(30-29-23)25-17-16-24(20-26(25)28)31-19-4-2/h15-18,20-22H,3-14,19H2,1-2H3. The molecule has 0 saturated heterocycles. The Balaban J connectivity index is 1.43. The van der Waals surface area contributed by atoms with Crippen LogP contribution in [0.2, 0.25) is 0 Å². The van der Waals surface area contributed by atoms with Gasteiger partial charge in [0.25, 0.3) is 0 Å². The lowest BCUT2D eigenvalue weighted by Crippen LogP contribution is -2.15. The van der Waals surface area contributed by atoms with Gasteiger partial charge < -0.3 is 4.74 Å². The van der Waals surface area contributed by atoms with E-state index in [1.54, 1.807) is 12.1 Å². The lowest BCUT2D eigenvalue weighted by molar-refractivity contribution is 0.248. The highest BCUT2D eigenvalue weighted by Crippen LogP contribution is 2.34.